The summed E-state index contributed by atoms with van der Waals surface area (Å²) in [6, 6.07) is 14.8. The molecule has 4 atom stereocenters. The molecule has 2 aromatic carbocycles. The predicted octanol–water partition coefficient (Wildman–Crippen LogP) is 5.12. The lowest BCUT2D eigenvalue weighted by Crippen LogP contribution is -2.47. The van der Waals surface area contributed by atoms with Gasteiger partial charge in [0.25, 0.3) is 15.9 Å². The van der Waals surface area contributed by atoms with Crippen LogP contribution in [0.3, 0.4) is 0 Å². The zero-order valence-corrected chi connectivity index (χ0v) is 28.4. The highest BCUT2D eigenvalue weighted by Gasteiger charge is 2.30. The van der Waals surface area contributed by atoms with Gasteiger partial charge in [0.2, 0.25) is 0 Å². The van der Waals surface area contributed by atoms with Crippen LogP contribution in [0.15, 0.2) is 71.9 Å². The van der Waals surface area contributed by atoms with Gasteiger partial charge in [0, 0.05) is 50.2 Å². The van der Waals surface area contributed by atoms with E-state index in [1.807, 2.05) is 26.0 Å². The molecule has 11 heteroatoms. The van der Waals surface area contributed by atoms with Gasteiger partial charge in [0.05, 0.1) is 35.3 Å². The lowest BCUT2D eigenvalue weighted by molar-refractivity contribution is -0.0177. The third-order valence-electron chi connectivity index (χ3n) is 8.33. The summed E-state index contributed by atoms with van der Waals surface area (Å²) in [5.41, 5.74) is 2.57. The van der Waals surface area contributed by atoms with Gasteiger partial charge in [0.15, 0.2) is 0 Å². The van der Waals surface area contributed by atoms with E-state index in [0.29, 0.717) is 25.4 Å². The molecule has 1 aliphatic rings. The minimum absolute atomic E-state index is 0.0766. The van der Waals surface area contributed by atoms with Crippen molar-refractivity contribution < 1.29 is 27.8 Å². The van der Waals surface area contributed by atoms with E-state index in [-0.39, 0.29) is 46.8 Å². The number of likely N-dealkylation sites (N-methyl/N-ethyl adjacent to an activating group) is 1. The number of carbonyl (C=O) groups excluding carboxylic acids is 1. The quantitative estimate of drug-likeness (QED) is 0.327. The molecule has 3 aromatic rings. The molecule has 1 aromatic heterocycles. The van der Waals surface area contributed by atoms with Crippen LogP contribution in [0.2, 0.25) is 0 Å². The number of aromatic nitrogens is 1. The normalized spacial score (nSPS) is 20.8. The number of fused-ring (bicyclic) bond motifs is 1. The van der Waals surface area contributed by atoms with Crippen molar-refractivity contribution in [1.82, 2.24) is 14.8 Å². The van der Waals surface area contributed by atoms with Crippen LogP contribution in [0.25, 0.3) is 0 Å². The summed E-state index contributed by atoms with van der Waals surface area (Å²) in [7, 11) is -1.85. The second-order valence-corrected chi connectivity index (χ2v) is 14.2. The van der Waals surface area contributed by atoms with Gasteiger partial charge in [0.1, 0.15) is 5.75 Å². The van der Waals surface area contributed by atoms with Crippen LogP contribution in [0, 0.1) is 12.8 Å². The maximum absolute atomic E-state index is 14.4. The second kappa shape index (κ2) is 16.4. The van der Waals surface area contributed by atoms with E-state index in [9.17, 15) is 18.3 Å². The molecule has 1 aliphatic heterocycles. The zero-order valence-electron chi connectivity index (χ0n) is 27.6. The Morgan fingerprint density at radius 3 is 2.50 bits per heavy atom. The Morgan fingerprint density at radius 1 is 1.09 bits per heavy atom. The number of pyridine rings is 1. The third-order valence-corrected chi connectivity index (χ3v) is 9.73. The zero-order chi connectivity index (χ0) is 33.3. The van der Waals surface area contributed by atoms with Crippen LogP contribution in [0.4, 0.5) is 5.69 Å². The van der Waals surface area contributed by atoms with E-state index in [4.69, 9.17) is 9.47 Å². The van der Waals surface area contributed by atoms with Crippen molar-refractivity contribution in [1.29, 1.82) is 0 Å². The van der Waals surface area contributed by atoms with E-state index in [0.717, 1.165) is 36.9 Å². The van der Waals surface area contributed by atoms with Crippen molar-refractivity contribution in [2.45, 2.75) is 76.6 Å². The number of hydrogen-bond acceptors (Lipinski definition) is 8. The number of nitrogens with one attached hydrogen (secondary N) is 1. The minimum Gasteiger partial charge on any atom is -0.490 e. The summed E-state index contributed by atoms with van der Waals surface area (Å²) in [5.74, 6) is -0.0549. The molecular weight excluding hydrogens is 604 g/mol. The molecule has 0 bridgehead atoms. The van der Waals surface area contributed by atoms with Gasteiger partial charge in [-0.05, 0) is 95.1 Å². The van der Waals surface area contributed by atoms with Crippen LogP contribution < -0.4 is 9.46 Å². The summed E-state index contributed by atoms with van der Waals surface area (Å²) in [6.45, 7) is 9.77. The van der Waals surface area contributed by atoms with Gasteiger partial charge in [-0.3, -0.25) is 19.4 Å². The average Bonchev–Trinajstić information content (AvgIpc) is 3.03. The summed E-state index contributed by atoms with van der Waals surface area (Å²) >= 11 is 0. The number of benzene rings is 2. The van der Waals surface area contributed by atoms with E-state index in [1.165, 1.54) is 6.07 Å². The molecule has 0 spiro atoms. The number of anilines is 1. The largest absolute Gasteiger partial charge is 0.490 e. The van der Waals surface area contributed by atoms with E-state index >= 15 is 0 Å². The number of rotatable bonds is 9. The lowest BCUT2D eigenvalue weighted by atomic mass is 10.0. The molecule has 0 unspecified atom stereocenters. The van der Waals surface area contributed by atoms with Gasteiger partial charge >= 0.3 is 0 Å². The van der Waals surface area contributed by atoms with Gasteiger partial charge < -0.3 is 19.5 Å². The lowest BCUT2D eigenvalue weighted by Gasteiger charge is -2.36. The van der Waals surface area contributed by atoms with E-state index in [1.54, 1.807) is 60.6 Å². The molecule has 10 nitrogen and oxygen atoms in total. The first-order valence-electron chi connectivity index (χ1n) is 16.0. The molecule has 0 saturated carbocycles. The Morgan fingerprint density at radius 2 is 1.80 bits per heavy atom. The fourth-order valence-corrected chi connectivity index (χ4v) is 6.60. The predicted molar refractivity (Wildman–Crippen MR) is 179 cm³/mol. The molecule has 1 amide bonds. The van der Waals surface area contributed by atoms with Gasteiger partial charge in [-0.15, -0.1) is 0 Å². The maximum Gasteiger partial charge on any atom is 0.261 e. The van der Waals surface area contributed by atoms with Gasteiger partial charge in [-0.2, -0.15) is 0 Å². The van der Waals surface area contributed by atoms with E-state index < -0.39 is 16.1 Å². The van der Waals surface area contributed by atoms with Crippen molar-refractivity contribution in [3.8, 4) is 5.75 Å². The highest BCUT2D eigenvalue weighted by atomic mass is 32.2. The Bertz CT molecular complexity index is 1520. The van der Waals surface area contributed by atoms with Crippen molar-refractivity contribution in [3.63, 3.8) is 0 Å². The highest BCUT2D eigenvalue weighted by molar-refractivity contribution is 7.92. The van der Waals surface area contributed by atoms with Crippen molar-refractivity contribution >= 4 is 21.6 Å². The van der Waals surface area contributed by atoms with Gasteiger partial charge in [-0.25, -0.2) is 8.42 Å². The highest BCUT2D eigenvalue weighted by Crippen LogP contribution is 2.29. The standard InChI is InChI=1S/C35H48N4O6S/c1-25-9-12-31(13-10-25)46(42,43)37-30-11-14-33-32(20-30)35(41)39(27(3)24-40)21-26(2)34(44-19-7-6-8-28(4)45-33)23-38(5)22-29-15-17-36-18-16-29/h9-18,20,26-28,34,37,40H,6-8,19,21-24H2,1-5H3/t26-,27+,28-,34-/m0/s1. The molecule has 2 heterocycles. The van der Waals surface area contributed by atoms with Crippen molar-refractivity contribution in [2.75, 3.05) is 38.1 Å². The van der Waals surface area contributed by atoms with Crippen LogP contribution in [-0.4, -0.2) is 85.8 Å². The fraction of sp³-hybridized carbons (Fsp3) is 0.486. The number of hydrogen-bond donors (Lipinski definition) is 2. The Hall–Kier alpha value is -3.51. The molecule has 2 N–H and O–H groups in total. The van der Waals surface area contributed by atoms with Crippen molar-refractivity contribution in [3.05, 3.63) is 83.7 Å². The average molecular weight is 653 g/mol. The molecule has 4 rings (SSSR count). The maximum atomic E-state index is 14.4. The third kappa shape index (κ3) is 9.75. The second-order valence-electron chi connectivity index (χ2n) is 12.5. The molecule has 250 valence electrons. The van der Waals surface area contributed by atoms with E-state index in [2.05, 4.69) is 28.6 Å². The molecule has 46 heavy (non-hydrogen) atoms. The number of aryl methyl sites for hydroxylation is 1. The monoisotopic (exact) mass is 652 g/mol. The summed E-state index contributed by atoms with van der Waals surface area (Å²) in [6.07, 6.45) is 5.73. The minimum atomic E-state index is -3.90. The Labute approximate surface area is 273 Å². The summed E-state index contributed by atoms with van der Waals surface area (Å²) in [5, 5.41) is 10.2. The number of amides is 1. The number of nitrogens with zero attached hydrogens (tertiary/aromatic N) is 3. The first-order valence-corrected chi connectivity index (χ1v) is 17.5. The van der Waals surface area contributed by atoms with Crippen molar-refractivity contribution in [2.24, 2.45) is 5.92 Å². The first-order chi connectivity index (χ1) is 22.0. The number of sulfonamides is 1. The molecule has 0 fully saturated rings. The SMILES string of the molecule is Cc1ccc(S(=O)(=O)Nc2ccc3c(c2)C(=O)N([C@H](C)CO)C[C@H](C)[C@H](CN(C)Cc2ccncc2)OCCCC[C@H](C)O3)cc1. The first kappa shape index (κ1) is 35.3. The molecule has 0 aliphatic carbocycles. The molecule has 0 saturated heterocycles. The Kier molecular flexibility index (Phi) is 12.6. The van der Waals surface area contributed by atoms with Crippen LogP contribution >= 0.6 is 0 Å². The fourth-order valence-electron chi connectivity index (χ4n) is 5.55. The van der Waals surface area contributed by atoms with Gasteiger partial charge in [-0.1, -0.05) is 24.6 Å². The van der Waals surface area contributed by atoms with Crippen LogP contribution in [-0.2, 0) is 21.3 Å². The summed E-state index contributed by atoms with van der Waals surface area (Å²) < 4.78 is 41.8. The Balaban J connectivity index is 1.64. The topological polar surface area (TPSA) is 121 Å². The number of carbonyl (C=O) groups is 1. The summed E-state index contributed by atoms with van der Waals surface area (Å²) in [4.78, 5) is 22.4. The molecule has 0 radical (unpaired) electrons. The number of aliphatic hydroxyl groups excluding tert-OH is 1. The number of aliphatic hydroxyl groups is 1. The smallest absolute Gasteiger partial charge is 0.261 e. The van der Waals surface area contributed by atoms with Crippen LogP contribution in [0.5, 0.6) is 5.75 Å². The molecular formula is C35H48N4O6S. The van der Waals surface area contributed by atoms with Crippen LogP contribution in [0.1, 0.15) is 61.5 Å². The number of ether oxygens (including phenoxy) is 2.